The van der Waals surface area contributed by atoms with E-state index in [0.717, 1.165) is 11.1 Å². The quantitative estimate of drug-likeness (QED) is 0.725. The third-order valence-corrected chi connectivity index (χ3v) is 2.65. The highest BCUT2D eigenvalue weighted by Crippen LogP contribution is 2.34. The van der Waals surface area contributed by atoms with Gasteiger partial charge in [-0.15, -0.1) is 6.58 Å². The number of nitrogens with two attached hydrogens (primary N) is 1. The summed E-state index contributed by atoms with van der Waals surface area (Å²) in [5.74, 6) is 1.35. The SMILES string of the molecule is C=CCc1cc([C@@H](N)CO)cc(OC)c1OCC. The lowest BCUT2D eigenvalue weighted by Crippen LogP contribution is -2.15. The van der Waals surface area contributed by atoms with Gasteiger partial charge >= 0.3 is 0 Å². The molecule has 0 aliphatic heterocycles. The first-order valence-corrected chi connectivity index (χ1v) is 5.98. The molecular weight excluding hydrogens is 230 g/mol. The standard InChI is InChI=1S/C14H21NO3/c1-4-6-10-7-11(12(15)9-16)8-13(17-3)14(10)18-5-2/h4,7-8,12,16H,1,5-6,9,15H2,2-3H3/t12-/m0/s1. The zero-order chi connectivity index (χ0) is 13.5. The van der Waals surface area contributed by atoms with Crippen molar-refractivity contribution < 1.29 is 14.6 Å². The van der Waals surface area contributed by atoms with E-state index in [0.29, 0.717) is 24.5 Å². The second-order valence-electron chi connectivity index (χ2n) is 3.93. The number of aliphatic hydroxyl groups is 1. The lowest BCUT2D eigenvalue weighted by atomic mass is 10.0. The molecule has 1 rings (SSSR count). The molecule has 3 N–H and O–H groups in total. The average molecular weight is 251 g/mol. The lowest BCUT2D eigenvalue weighted by molar-refractivity contribution is 0.267. The van der Waals surface area contributed by atoms with Crippen LogP contribution in [0.2, 0.25) is 0 Å². The number of hydrogen-bond donors (Lipinski definition) is 2. The van der Waals surface area contributed by atoms with E-state index in [-0.39, 0.29) is 6.61 Å². The number of methoxy groups -OCH3 is 1. The summed E-state index contributed by atoms with van der Waals surface area (Å²) < 4.78 is 10.9. The monoisotopic (exact) mass is 251 g/mol. The molecule has 0 bridgehead atoms. The third kappa shape index (κ3) is 3.24. The van der Waals surface area contributed by atoms with Crippen molar-refractivity contribution in [1.29, 1.82) is 0 Å². The smallest absolute Gasteiger partial charge is 0.164 e. The topological polar surface area (TPSA) is 64.7 Å². The van der Waals surface area contributed by atoms with Crippen LogP contribution in [0.5, 0.6) is 11.5 Å². The van der Waals surface area contributed by atoms with Crippen LogP contribution in [0, 0.1) is 0 Å². The van der Waals surface area contributed by atoms with Crippen LogP contribution < -0.4 is 15.2 Å². The maximum atomic E-state index is 9.13. The molecule has 1 aromatic carbocycles. The van der Waals surface area contributed by atoms with Crippen LogP contribution in [0.25, 0.3) is 0 Å². The summed E-state index contributed by atoms with van der Waals surface area (Å²) in [5.41, 5.74) is 7.63. The van der Waals surface area contributed by atoms with Gasteiger partial charge in [0.2, 0.25) is 0 Å². The van der Waals surface area contributed by atoms with Crippen LogP contribution in [-0.4, -0.2) is 25.4 Å². The highest BCUT2D eigenvalue weighted by Gasteiger charge is 2.15. The molecule has 0 aliphatic rings. The number of rotatable bonds is 7. The van der Waals surface area contributed by atoms with E-state index in [4.69, 9.17) is 20.3 Å². The zero-order valence-corrected chi connectivity index (χ0v) is 11.0. The van der Waals surface area contributed by atoms with Gasteiger partial charge in [-0.25, -0.2) is 0 Å². The predicted octanol–water partition coefficient (Wildman–Crippen LogP) is 1.81. The van der Waals surface area contributed by atoms with Gasteiger partial charge in [0.15, 0.2) is 11.5 Å². The lowest BCUT2D eigenvalue weighted by Gasteiger charge is -2.17. The second kappa shape index (κ2) is 7.03. The Morgan fingerprint density at radius 2 is 2.22 bits per heavy atom. The summed E-state index contributed by atoms with van der Waals surface area (Å²) in [7, 11) is 1.59. The minimum Gasteiger partial charge on any atom is -0.493 e. The highest BCUT2D eigenvalue weighted by molar-refractivity contribution is 5.51. The first kappa shape index (κ1) is 14.5. The fourth-order valence-electron chi connectivity index (χ4n) is 1.77. The van der Waals surface area contributed by atoms with Crippen LogP contribution in [0.1, 0.15) is 24.1 Å². The van der Waals surface area contributed by atoms with E-state index in [9.17, 15) is 0 Å². The summed E-state index contributed by atoms with van der Waals surface area (Å²) in [4.78, 5) is 0. The molecule has 1 aromatic rings. The van der Waals surface area contributed by atoms with E-state index >= 15 is 0 Å². The first-order chi connectivity index (χ1) is 8.67. The van der Waals surface area contributed by atoms with E-state index in [1.165, 1.54) is 0 Å². The molecule has 0 saturated heterocycles. The Morgan fingerprint density at radius 3 is 2.72 bits per heavy atom. The molecule has 100 valence electrons. The van der Waals surface area contributed by atoms with Crippen LogP contribution in [0.3, 0.4) is 0 Å². The van der Waals surface area contributed by atoms with Gasteiger partial charge < -0.3 is 20.3 Å². The van der Waals surface area contributed by atoms with E-state index in [1.807, 2.05) is 13.0 Å². The number of hydrogen-bond acceptors (Lipinski definition) is 4. The molecule has 1 atom stereocenters. The molecule has 4 heteroatoms. The zero-order valence-electron chi connectivity index (χ0n) is 11.0. The average Bonchev–Trinajstić information content (AvgIpc) is 2.39. The van der Waals surface area contributed by atoms with Crippen LogP contribution in [0.4, 0.5) is 0 Å². The summed E-state index contributed by atoms with van der Waals surface area (Å²) in [6, 6.07) is 3.31. The van der Waals surface area contributed by atoms with E-state index in [1.54, 1.807) is 19.3 Å². The molecule has 0 aromatic heterocycles. The fraction of sp³-hybridized carbons (Fsp3) is 0.429. The molecule has 0 fully saturated rings. The Bertz CT molecular complexity index is 404. The van der Waals surface area contributed by atoms with E-state index in [2.05, 4.69) is 6.58 Å². The molecule has 0 heterocycles. The molecule has 18 heavy (non-hydrogen) atoms. The van der Waals surface area contributed by atoms with Crippen molar-refractivity contribution in [3.05, 3.63) is 35.9 Å². The van der Waals surface area contributed by atoms with Crippen molar-refractivity contribution in [3.8, 4) is 11.5 Å². The Hall–Kier alpha value is -1.52. The van der Waals surface area contributed by atoms with E-state index < -0.39 is 6.04 Å². The maximum Gasteiger partial charge on any atom is 0.164 e. The molecule has 0 aliphatic carbocycles. The van der Waals surface area contributed by atoms with Gasteiger partial charge in [0.25, 0.3) is 0 Å². The van der Waals surface area contributed by atoms with Gasteiger partial charge in [-0.2, -0.15) is 0 Å². The van der Waals surface area contributed by atoms with Crippen molar-refractivity contribution in [2.24, 2.45) is 5.73 Å². The first-order valence-electron chi connectivity index (χ1n) is 5.98. The molecule has 0 unspecified atom stereocenters. The summed E-state index contributed by atoms with van der Waals surface area (Å²) >= 11 is 0. The molecule has 0 saturated carbocycles. The summed E-state index contributed by atoms with van der Waals surface area (Å²) in [6.45, 7) is 6.11. The Morgan fingerprint density at radius 1 is 1.50 bits per heavy atom. The molecule has 4 nitrogen and oxygen atoms in total. The van der Waals surface area contributed by atoms with Crippen molar-refractivity contribution in [1.82, 2.24) is 0 Å². The van der Waals surface area contributed by atoms with Gasteiger partial charge in [-0.3, -0.25) is 0 Å². The van der Waals surface area contributed by atoms with Crippen LogP contribution in [-0.2, 0) is 6.42 Å². The van der Waals surface area contributed by atoms with Crippen molar-refractivity contribution >= 4 is 0 Å². The third-order valence-electron chi connectivity index (χ3n) is 2.65. The van der Waals surface area contributed by atoms with Gasteiger partial charge in [0, 0.05) is 5.56 Å². The molecule has 0 radical (unpaired) electrons. The van der Waals surface area contributed by atoms with Crippen molar-refractivity contribution in [2.45, 2.75) is 19.4 Å². The molecule has 0 spiro atoms. The van der Waals surface area contributed by atoms with Gasteiger partial charge in [0.05, 0.1) is 26.4 Å². The van der Waals surface area contributed by atoms with Crippen molar-refractivity contribution in [2.75, 3.05) is 20.3 Å². The normalized spacial score (nSPS) is 12.0. The summed E-state index contributed by atoms with van der Waals surface area (Å²) in [5, 5.41) is 9.13. The number of benzene rings is 1. The second-order valence-corrected chi connectivity index (χ2v) is 3.93. The Balaban J connectivity index is 3.27. The minimum atomic E-state index is -0.418. The maximum absolute atomic E-state index is 9.13. The van der Waals surface area contributed by atoms with Gasteiger partial charge in [-0.05, 0) is 31.0 Å². The number of aliphatic hydroxyl groups excluding tert-OH is 1. The van der Waals surface area contributed by atoms with Gasteiger partial charge in [-0.1, -0.05) is 6.08 Å². The highest BCUT2D eigenvalue weighted by atomic mass is 16.5. The van der Waals surface area contributed by atoms with Crippen LogP contribution >= 0.6 is 0 Å². The Labute approximate surface area is 108 Å². The predicted molar refractivity (Wildman–Crippen MR) is 72.1 cm³/mol. The van der Waals surface area contributed by atoms with Crippen LogP contribution in [0.15, 0.2) is 24.8 Å². The number of allylic oxidation sites excluding steroid dienone is 1. The van der Waals surface area contributed by atoms with Gasteiger partial charge in [0.1, 0.15) is 0 Å². The minimum absolute atomic E-state index is 0.106. The largest absolute Gasteiger partial charge is 0.493 e. The number of ether oxygens (including phenoxy) is 2. The molecule has 0 amide bonds. The fourth-order valence-corrected chi connectivity index (χ4v) is 1.77. The van der Waals surface area contributed by atoms with Crippen molar-refractivity contribution in [3.63, 3.8) is 0 Å². The Kier molecular flexibility index (Phi) is 5.68. The molecular formula is C14H21NO3. The summed E-state index contributed by atoms with van der Waals surface area (Å²) in [6.07, 6.45) is 2.46.